The first-order valence-corrected chi connectivity index (χ1v) is 12.6. The molecule has 1 aromatic carbocycles. The van der Waals surface area contributed by atoms with Gasteiger partial charge in [-0.1, -0.05) is 12.1 Å². The molecule has 0 spiro atoms. The van der Waals surface area contributed by atoms with E-state index in [0.717, 1.165) is 58.3 Å². The van der Waals surface area contributed by atoms with Crippen molar-refractivity contribution in [1.29, 1.82) is 0 Å². The molecule has 0 bridgehead atoms. The fourth-order valence-corrected chi connectivity index (χ4v) is 5.45. The van der Waals surface area contributed by atoms with Crippen molar-refractivity contribution in [3.05, 3.63) is 57.6 Å². The molecule has 0 amide bonds. The van der Waals surface area contributed by atoms with Crippen LogP contribution in [0.5, 0.6) is 0 Å². The number of fused-ring (bicyclic) bond motifs is 1. The van der Waals surface area contributed by atoms with Crippen LogP contribution in [0.1, 0.15) is 42.5 Å². The third kappa shape index (κ3) is 5.28. The maximum Gasteiger partial charge on any atom is 0.416 e. The zero-order chi connectivity index (χ0) is 26.2. The number of hydrogen-bond acceptors (Lipinski definition) is 7. The minimum Gasteiger partial charge on any atom is -0.381 e. The molecule has 0 unspecified atom stereocenters. The topological polar surface area (TPSA) is 86.4 Å². The molecule has 1 atom stereocenters. The van der Waals surface area contributed by atoms with Crippen LogP contribution in [0, 0.1) is 6.92 Å². The lowest BCUT2D eigenvalue weighted by Crippen LogP contribution is -2.52. The molecule has 2 N–H and O–H groups in total. The van der Waals surface area contributed by atoms with Crippen molar-refractivity contribution >= 4 is 22.5 Å². The Kier molecular flexibility index (Phi) is 7.09. The highest BCUT2D eigenvalue weighted by atomic mass is 19.4. The van der Waals surface area contributed by atoms with Crippen LogP contribution in [-0.2, 0) is 10.9 Å². The SMILES string of the molecule is Cc1c([C@@H](C)Nc2ncnc3[nH]c(=O)c(N4CCN(C5CCOCC5)CC4)cc23)cccc1C(F)(F)F. The van der Waals surface area contributed by atoms with E-state index in [9.17, 15) is 18.0 Å². The zero-order valence-electron chi connectivity index (χ0n) is 20.9. The van der Waals surface area contributed by atoms with Gasteiger partial charge in [0.15, 0.2) is 0 Å². The minimum absolute atomic E-state index is 0.171. The molecule has 2 aliphatic rings. The van der Waals surface area contributed by atoms with E-state index in [0.29, 0.717) is 34.1 Å². The zero-order valence-corrected chi connectivity index (χ0v) is 20.9. The van der Waals surface area contributed by atoms with E-state index in [1.807, 2.05) is 0 Å². The van der Waals surface area contributed by atoms with Gasteiger partial charge in [-0.05, 0) is 49.9 Å². The van der Waals surface area contributed by atoms with Gasteiger partial charge >= 0.3 is 6.18 Å². The van der Waals surface area contributed by atoms with Gasteiger partial charge in [0.25, 0.3) is 5.56 Å². The second-order valence-electron chi connectivity index (χ2n) is 9.72. The average Bonchev–Trinajstić information content (AvgIpc) is 2.88. The summed E-state index contributed by atoms with van der Waals surface area (Å²) < 4.78 is 45.8. The molecular formula is C26H31F3N6O2. The molecule has 2 aromatic heterocycles. The number of halogens is 3. The largest absolute Gasteiger partial charge is 0.416 e. The molecule has 0 saturated carbocycles. The molecule has 2 aliphatic heterocycles. The van der Waals surface area contributed by atoms with E-state index >= 15 is 0 Å². The fraction of sp³-hybridized carbons (Fsp3) is 0.500. The Labute approximate surface area is 212 Å². The van der Waals surface area contributed by atoms with Gasteiger partial charge in [0, 0.05) is 45.4 Å². The van der Waals surface area contributed by atoms with Crippen molar-refractivity contribution in [2.75, 3.05) is 49.6 Å². The fourth-order valence-electron chi connectivity index (χ4n) is 5.45. The Balaban J connectivity index is 1.39. The number of benzene rings is 1. The smallest absolute Gasteiger partial charge is 0.381 e. The number of H-pyrrole nitrogens is 1. The number of pyridine rings is 1. The third-order valence-corrected chi connectivity index (χ3v) is 7.49. The highest BCUT2D eigenvalue weighted by molar-refractivity contribution is 5.88. The highest BCUT2D eigenvalue weighted by Crippen LogP contribution is 2.35. The number of aromatic nitrogens is 3. The number of piperazine rings is 1. The lowest BCUT2D eigenvalue weighted by atomic mass is 9.97. The predicted molar refractivity (Wildman–Crippen MR) is 136 cm³/mol. The van der Waals surface area contributed by atoms with Crippen LogP contribution in [0.25, 0.3) is 11.0 Å². The number of hydrogen-bond donors (Lipinski definition) is 2. The Morgan fingerprint density at radius 3 is 2.57 bits per heavy atom. The van der Waals surface area contributed by atoms with E-state index in [-0.39, 0.29) is 11.1 Å². The number of rotatable bonds is 5. The molecule has 11 heteroatoms. The van der Waals surface area contributed by atoms with Crippen molar-refractivity contribution in [3.63, 3.8) is 0 Å². The van der Waals surface area contributed by atoms with Gasteiger partial charge in [-0.3, -0.25) is 9.69 Å². The van der Waals surface area contributed by atoms with Crippen LogP contribution < -0.4 is 15.8 Å². The van der Waals surface area contributed by atoms with Gasteiger partial charge in [0.05, 0.1) is 17.0 Å². The Bertz CT molecular complexity index is 1310. The first kappa shape index (κ1) is 25.5. The molecule has 2 saturated heterocycles. The van der Waals surface area contributed by atoms with Gasteiger partial charge in [-0.2, -0.15) is 13.2 Å². The molecule has 198 valence electrons. The van der Waals surface area contributed by atoms with Crippen LogP contribution in [0.15, 0.2) is 35.4 Å². The number of nitrogens with zero attached hydrogens (tertiary/aromatic N) is 4. The van der Waals surface area contributed by atoms with Crippen molar-refractivity contribution in [3.8, 4) is 0 Å². The van der Waals surface area contributed by atoms with E-state index in [2.05, 4.69) is 30.1 Å². The van der Waals surface area contributed by atoms with Crippen LogP contribution in [0.4, 0.5) is 24.7 Å². The average molecular weight is 517 g/mol. The van der Waals surface area contributed by atoms with Gasteiger partial charge < -0.3 is 19.9 Å². The van der Waals surface area contributed by atoms with Crippen LogP contribution in [-0.4, -0.2) is 65.3 Å². The second kappa shape index (κ2) is 10.3. The van der Waals surface area contributed by atoms with Crippen molar-refractivity contribution in [2.24, 2.45) is 0 Å². The second-order valence-corrected chi connectivity index (χ2v) is 9.72. The summed E-state index contributed by atoms with van der Waals surface area (Å²) in [7, 11) is 0. The summed E-state index contributed by atoms with van der Waals surface area (Å²) >= 11 is 0. The predicted octanol–water partition coefficient (Wildman–Crippen LogP) is 4.12. The van der Waals surface area contributed by atoms with Crippen LogP contribution in [0.3, 0.4) is 0 Å². The van der Waals surface area contributed by atoms with Crippen molar-refractivity contribution in [2.45, 2.75) is 44.9 Å². The molecule has 0 radical (unpaired) electrons. The number of aromatic amines is 1. The standard InChI is InChI=1S/C26H31F3N6O2/c1-16-19(4-3-5-21(16)26(27,28)29)17(2)32-23-20-14-22(25(36)33-24(20)31-15-30-23)35-10-8-34(9-11-35)18-6-12-37-13-7-18/h3-5,14-15,17-18H,6-13H2,1-2H3,(H2,30,31,32,33,36)/t17-/m1/s1. The summed E-state index contributed by atoms with van der Waals surface area (Å²) in [5.41, 5.74) is 0.733. The van der Waals surface area contributed by atoms with Gasteiger partial charge in [0.2, 0.25) is 0 Å². The number of alkyl halides is 3. The molecule has 2 fully saturated rings. The maximum atomic E-state index is 13.4. The molecule has 0 aliphatic carbocycles. The van der Waals surface area contributed by atoms with E-state index < -0.39 is 17.8 Å². The summed E-state index contributed by atoms with van der Waals surface area (Å²) in [5.74, 6) is 0.452. The van der Waals surface area contributed by atoms with Gasteiger partial charge in [-0.15, -0.1) is 0 Å². The number of anilines is 2. The summed E-state index contributed by atoms with van der Waals surface area (Å²) in [4.78, 5) is 28.9. The van der Waals surface area contributed by atoms with E-state index in [1.54, 1.807) is 19.1 Å². The van der Waals surface area contributed by atoms with Gasteiger partial charge in [0.1, 0.15) is 23.5 Å². The molecule has 3 aromatic rings. The molecule has 4 heterocycles. The summed E-state index contributed by atoms with van der Waals surface area (Å²) in [5, 5.41) is 3.85. The normalized spacial score (nSPS) is 18.8. The van der Waals surface area contributed by atoms with Crippen LogP contribution >= 0.6 is 0 Å². The molecule has 8 nitrogen and oxygen atoms in total. The van der Waals surface area contributed by atoms with Gasteiger partial charge in [-0.25, -0.2) is 9.97 Å². The number of ether oxygens (including phenoxy) is 1. The summed E-state index contributed by atoms with van der Waals surface area (Å²) in [6.07, 6.45) is -1.03. The Morgan fingerprint density at radius 1 is 1.14 bits per heavy atom. The van der Waals surface area contributed by atoms with E-state index in [1.165, 1.54) is 19.3 Å². The monoisotopic (exact) mass is 516 g/mol. The Hall–Kier alpha value is -3.18. The first-order valence-electron chi connectivity index (χ1n) is 12.6. The lowest BCUT2D eigenvalue weighted by molar-refractivity contribution is -0.138. The Morgan fingerprint density at radius 2 is 1.86 bits per heavy atom. The first-order chi connectivity index (χ1) is 17.7. The summed E-state index contributed by atoms with van der Waals surface area (Å²) in [6.45, 7) is 8.04. The quantitative estimate of drug-likeness (QED) is 0.528. The minimum atomic E-state index is -4.43. The maximum absolute atomic E-state index is 13.4. The lowest BCUT2D eigenvalue weighted by Gasteiger charge is -2.41. The third-order valence-electron chi connectivity index (χ3n) is 7.49. The summed E-state index contributed by atoms with van der Waals surface area (Å²) in [6, 6.07) is 6.03. The molecular weight excluding hydrogens is 485 g/mol. The van der Waals surface area contributed by atoms with Crippen molar-refractivity contribution < 1.29 is 17.9 Å². The number of nitrogens with one attached hydrogen (secondary N) is 2. The van der Waals surface area contributed by atoms with Crippen LogP contribution in [0.2, 0.25) is 0 Å². The highest BCUT2D eigenvalue weighted by Gasteiger charge is 2.33. The molecule has 37 heavy (non-hydrogen) atoms. The van der Waals surface area contributed by atoms with E-state index in [4.69, 9.17) is 4.74 Å². The van der Waals surface area contributed by atoms with Crippen molar-refractivity contribution in [1.82, 2.24) is 19.9 Å². The molecule has 5 rings (SSSR count).